The number of rotatable bonds is 6. The molecule has 1 aromatic rings. The molecule has 0 aliphatic heterocycles. The number of fused-ring (bicyclic) bond motifs is 1. The van der Waals surface area contributed by atoms with Crippen LogP contribution in [0.5, 0.6) is 0 Å². The Balaban J connectivity index is 1.86. The lowest BCUT2D eigenvalue weighted by molar-refractivity contribution is 0.604. The zero-order valence-electron chi connectivity index (χ0n) is 11.3. The fraction of sp³-hybridized carbons (Fsp3) is 0.714. The second kappa shape index (κ2) is 6.83. The van der Waals surface area contributed by atoms with E-state index in [1.54, 1.807) is 10.4 Å². The molecule has 2 unspecified atom stereocenters. The lowest BCUT2D eigenvalue weighted by Crippen LogP contribution is -2.23. The van der Waals surface area contributed by atoms with Gasteiger partial charge in [-0.25, -0.2) is 0 Å². The van der Waals surface area contributed by atoms with Crippen LogP contribution in [0.4, 0.5) is 0 Å². The Morgan fingerprint density at radius 1 is 1.44 bits per heavy atom. The van der Waals surface area contributed by atoms with Crippen molar-refractivity contribution < 1.29 is 4.21 Å². The van der Waals surface area contributed by atoms with Crippen molar-refractivity contribution in [3.8, 4) is 0 Å². The summed E-state index contributed by atoms with van der Waals surface area (Å²) in [7, 11) is -0.651. The van der Waals surface area contributed by atoms with Gasteiger partial charge in [-0.3, -0.25) is 4.21 Å². The van der Waals surface area contributed by atoms with Crippen LogP contribution in [-0.4, -0.2) is 22.3 Å². The summed E-state index contributed by atoms with van der Waals surface area (Å²) in [6.07, 6.45) is 5.23. The van der Waals surface area contributed by atoms with Gasteiger partial charge in [-0.2, -0.15) is 0 Å². The number of hydrogen-bond donors (Lipinski definition) is 1. The molecule has 0 fully saturated rings. The van der Waals surface area contributed by atoms with Crippen molar-refractivity contribution >= 4 is 22.1 Å². The first-order valence-electron chi connectivity index (χ1n) is 6.90. The molecular weight excluding hydrogens is 262 g/mol. The monoisotopic (exact) mass is 285 g/mol. The minimum Gasteiger partial charge on any atom is -0.309 e. The van der Waals surface area contributed by atoms with Crippen molar-refractivity contribution in [1.82, 2.24) is 5.32 Å². The predicted molar refractivity (Wildman–Crippen MR) is 80.9 cm³/mol. The van der Waals surface area contributed by atoms with E-state index < -0.39 is 10.8 Å². The van der Waals surface area contributed by atoms with E-state index in [-0.39, 0.29) is 0 Å². The first-order valence-corrected chi connectivity index (χ1v) is 9.21. The van der Waals surface area contributed by atoms with Gasteiger partial charge in [-0.1, -0.05) is 6.92 Å². The van der Waals surface area contributed by atoms with E-state index in [9.17, 15) is 4.21 Å². The summed E-state index contributed by atoms with van der Waals surface area (Å²) in [6.45, 7) is 5.04. The highest BCUT2D eigenvalue weighted by Crippen LogP contribution is 2.32. The summed E-state index contributed by atoms with van der Waals surface area (Å²) in [5.74, 6) is 1.54. The molecule has 0 aromatic carbocycles. The molecular formula is C14H23NOS2. The average Bonchev–Trinajstić information content (AvgIpc) is 2.82. The van der Waals surface area contributed by atoms with E-state index in [0.717, 1.165) is 18.1 Å². The lowest BCUT2D eigenvalue weighted by atomic mass is 9.99. The topological polar surface area (TPSA) is 29.1 Å². The van der Waals surface area contributed by atoms with Gasteiger partial charge in [-0.15, -0.1) is 11.3 Å². The summed E-state index contributed by atoms with van der Waals surface area (Å²) in [4.78, 5) is 3.05. The van der Waals surface area contributed by atoms with Crippen molar-refractivity contribution in [2.75, 3.05) is 18.1 Å². The zero-order chi connectivity index (χ0) is 13.0. The number of hydrogen-bond acceptors (Lipinski definition) is 3. The number of nitrogens with one attached hydrogen (secondary N) is 1. The molecule has 1 aliphatic rings. The summed E-state index contributed by atoms with van der Waals surface area (Å²) >= 11 is 1.97. The summed E-state index contributed by atoms with van der Waals surface area (Å²) < 4.78 is 11.4. The third kappa shape index (κ3) is 3.65. The van der Waals surface area contributed by atoms with Crippen LogP contribution in [0.1, 0.15) is 48.0 Å². The van der Waals surface area contributed by atoms with Crippen LogP contribution in [0.25, 0.3) is 0 Å². The lowest BCUT2D eigenvalue weighted by Gasteiger charge is -2.11. The largest absolute Gasteiger partial charge is 0.309 e. The Kier molecular flexibility index (Phi) is 5.39. The number of aryl methyl sites for hydroxylation is 2. The standard InChI is InChI=1S/C14H23NOS2/c1-3-18(16)9-8-15-11(2)14-10-12-6-4-5-7-13(12)17-14/h10-11,15H,3-9H2,1-2H3. The van der Waals surface area contributed by atoms with Crippen LogP contribution in [0.2, 0.25) is 0 Å². The Morgan fingerprint density at radius 3 is 2.94 bits per heavy atom. The SMILES string of the molecule is CCS(=O)CCNC(C)c1cc2c(s1)CCCC2. The maximum atomic E-state index is 11.4. The molecule has 1 heterocycles. The smallest absolute Gasteiger partial charge is 0.0386 e. The van der Waals surface area contributed by atoms with Gasteiger partial charge in [0.15, 0.2) is 0 Å². The molecule has 0 spiro atoms. The zero-order valence-corrected chi connectivity index (χ0v) is 13.0. The van der Waals surface area contributed by atoms with E-state index in [1.807, 2.05) is 18.3 Å². The van der Waals surface area contributed by atoms with E-state index in [0.29, 0.717) is 6.04 Å². The van der Waals surface area contributed by atoms with Gasteiger partial charge in [0.05, 0.1) is 0 Å². The van der Waals surface area contributed by atoms with Gasteiger partial charge in [0, 0.05) is 44.6 Å². The van der Waals surface area contributed by atoms with Gasteiger partial charge in [0.25, 0.3) is 0 Å². The maximum absolute atomic E-state index is 11.4. The van der Waals surface area contributed by atoms with E-state index >= 15 is 0 Å². The highest BCUT2D eigenvalue weighted by Gasteiger charge is 2.16. The van der Waals surface area contributed by atoms with Gasteiger partial charge in [0.2, 0.25) is 0 Å². The first kappa shape index (κ1) is 14.2. The summed E-state index contributed by atoms with van der Waals surface area (Å²) in [5, 5.41) is 3.49. The molecule has 102 valence electrons. The molecule has 0 saturated carbocycles. The highest BCUT2D eigenvalue weighted by atomic mass is 32.2. The van der Waals surface area contributed by atoms with Gasteiger partial charge < -0.3 is 5.32 Å². The molecule has 1 aromatic heterocycles. The van der Waals surface area contributed by atoms with Crippen molar-refractivity contribution in [2.24, 2.45) is 0 Å². The normalized spacial score (nSPS) is 18.3. The van der Waals surface area contributed by atoms with E-state index in [1.165, 1.54) is 30.6 Å². The third-order valence-electron chi connectivity index (χ3n) is 3.54. The van der Waals surface area contributed by atoms with Crippen LogP contribution in [0.15, 0.2) is 6.07 Å². The number of thiophene rings is 1. The molecule has 0 radical (unpaired) electrons. The van der Waals surface area contributed by atoms with Gasteiger partial charge >= 0.3 is 0 Å². The Hall–Kier alpha value is -0.190. The molecule has 2 nitrogen and oxygen atoms in total. The average molecular weight is 285 g/mol. The van der Waals surface area contributed by atoms with Crippen molar-refractivity contribution in [3.63, 3.8) is 0 Å². The molecule has 18 heavy (non-hydrogen) atoms. The van der Waals surface area contributed by atoms with Gasteiger partial charge in [0.1, 0.15) is 0 Å². The van der Waals surface area contributed by atoms with Crippen molar-refractivity contribution in [2.45, 2.75) is 45.6 Å². The van der Waals surface area contributed by atoms with E-state index in [2.05, 4.69) is 18.3 Å². The molecule has 4 heteroatoms. The van der Waals surface area contributed by atoms with Crippen molar-refractivity contribution in [1.29, 1.82) is 0 Å². The second-order valence-electron chi connectivity index (χ2n) is 4.91. The van der Waals surface area contributed by atoms with Gasteiger partial charge in [-0.05, 0) is 44.2 Å². The van der Waals surface area contributed by atoms with Crippen LogP contribution in [0, 0.1) is 0 Å². The Bertz CT molecular complexity index is 390. The molecule has 2 rings (SSSR count). The predicted octanol–water partition coefficient (Wildman–Crippen LogP) is 3.05. The minimum atomic E-state index is -0.651. The third-order valence-corrected chi connectivity index (χ3v) is 6.27. The molecule has 1 N–H and O–H groups in total. The molecule has 2 atom stereocenters. The molecule has 0 bridgehead atoms. The fourth-order valence-corrected chi connectivity index (χ4v) is 4.28. The van der Waals surface area contributed by atoms with Crippen molar-refractivity contribution in [3.05, 3.63) is 21.4 Å². The molecule has 0 saturated heterocycles. The highest BCUT2D eigenvalue weighted by molar-refractivity contribution is 7.84. The van der Waals surface area contributed by atoms with Crippen LogP contribution >= 0.6 is 11.3 Å². The molecule has 0 amide bonds. The fourth-order valence-electron chi connectivity index (χ4n) is 2.36. The van der Waals surface area contributed by atoms with E-state index in [4.69, 9.17) is 0 Å². The van der Waals surface area contributed by atoms with Crippen LogP contribution in [-0.2, 0) is 23.6 Å². The quantitative estimate of drug-likeness (QED) is 0.870. The second-order valence-corrected chi connectivity index (χ2v) is 7.95. The summed E-state index contributed by atoms with van der Waals surface area (Å²) in [6, 6.07) is 2.78. The van der Waals surface area contributed by atoms with Crippen LogP contribution < -0.4 is 5.32 Å². The Labute approximate surface area is 117 Å². The summed E-state index contributed by atoms with van der Waals surface area (Å²) in [5.41, 5.74) is 1.58. The molecule has 1 aliphatic carbocycles. The first-order chi connectivity index (χ1) is 8.70. The van der Waals surface area contributed by atoms with Crippen LogP contribution in [0.3, 0.4) is 0 Å². The maximum Gasteiger partial charge on any atom is 0.0386 e. The Morgan fingerprint density at radius 2 is 2.22 bits per heavy atom. The minimum absolute atomic E-state index is 0.398.